The minimum Gasteiger partial charge on any atom is -0.489 e. The van der Waals surface area contributed by atoms with Gasteiger partial charge in [0.15, 0.2) is 0 Å². The number of halogens is 1. The summed E-state index contributed by atoms with van der Waals surface area (Å²) in [4.78, 5) is 12.0. The second-order valence-electron chi connectivity index (χ2n) is 5.14. The van der Waals surface area contributed by atoms with Crippen molar-refractivity contribution in [2.45, 2.75) is 6.61 Å². The van der Waals surface area contributed by atoms with Crippen LogP contribution in [-0.4, -0.2) is 5.97 Å². The summed E-state index contributed by atoms with van der Waals surface area (Å²) < 4.78 is 23.7. The number of carbonyl (C=O) groups is 1. The van der Waals surface area contributed by atoms with E-state index >= 15 is 0 Å². The summed E-state index contributed by atoms with van der Waals surface area (Å²) in [6.07, 6.45) is 0. The molecule has 0 bridgehead atoms. The smallest absolute Gasteiger partial charge is 0.343 e. The molecule has 4 heteroatoms. The Kier molecular flexibility index (Phi) is 4.87. The lowest BCUT2D eigenvalue weighted by Gasteiger charge is -2.07. The third-order valence-electron chi connectivity index (χ3n) is 3.36. The van der Waals surface area contributed by atoms with E-state index < -0.39 is 5.97 Å². The molecule has 24 heavy (non-hydrogen) atoms. The van der Waals surface area contributed by atoms with Crippen LogP contribution in [0.15, 0.2) is 78.9 Å². The number of ether oxygens (including phenoxy) is 2. The normalized spacial score (nSPS) is 10.2. The van der Waals surface area contributed by atoms with Crippen LogP contribution in [0.5, 0.6) is 11.5 Å². The molecule has 3 aromatic rings. The molecule has 3 nitrogen and oxygen atoms in total. The van der Waals surface area contributed by atoms with Crippen molar-refractivity contribution in [3.05, 3.63) is 95.8 Å². The van der Waals surface area contributed by atoms with Crippen molar-refractivity contribution in [3.8, 4) is 11.5 Å². The molecule has 0 fully saturated rings. The molecule has 3 rings (SSSR count). The summed E-state index contributed by atoms with van der Waals surface area (Å²) in [7, 11) is 0. The van der Waals surface area contributed by atoms with Crippen molar-refractivity contribution >= 4 is 5.97 Å². The molecule has 0 aliphatic heterocycles. The Balaban J connectivity index is 1.58. The van der Waals surface area contributed by atoms with E-state index in [1.807, 2.05) is 6.07 Å². The van der Waals surface area contributed by atoms with Crippen molar-refractivity contribution in [1.29, 1.82) is 0 Å². The Morgan fingerprint density at radius 3 is 2.12 bits per heavy atom. The van der Waals surface area contributed by atoms with Crippen molar-refractivity contribution < 1.29 is 18.7 Å². The molecule has 0 saturated heterocycles. The Hall–Kier alpha value is -3.14. The Morgan fingerprint density at radius 2 is 1.46 bits per heavy atom. The Labute approximate surface area is 139 Å². The fraction of sp³-hybridized carbons (Fsp3) is 0.0500. The molecule has 120 valence electrons. The highest BCUT2D eigenvalue weighted by atomic mass is 19.1. The first-order valence-electron chi connectivity index (χ1n) is 7.45. The molecular formula is C20H15FO3. The first-order valence-corrected chi connectivity index (χ1v) is 7.45. The zero-order valence-electron chi connectivity index (χ0n) is 12.8. The van der Waals surface area contributed by atoms with Crippen LogP contribution in [-0.2, 0) is 6.61 Å². The number of carbonyl (C=O) groups excluding carboxylic acids is 1. The molecule has 3 aromatic carbocycles. The topological polar surface area (TPSA) is 35.5 Å². The maximum Gasteiger partial charge on any atom is 0.343 e. The van der Waals surface area contributed by atoms with Gasteiger partial charge in [-0.3, -0.25) is 0 Å². The second kappa shape index (κ2) is 7.42. The number of benzene rings is 3. The minimum absolute atomic E-state index is 0.302. The summed E-state index contributed by atoms with van der Waals surface area (Å²) >= 11 is 0. The van der Waals surface area contributed by atoms with Gasteiger partial charge in [0, 0.05) is 0 Å². The maximum absolute atomic E-state index is 12.8. The van der Waals surface area contributed by atoms with E-state index in [4.69, 9.17) is 9.47 Å². The van der Waals surface area contributed by atoms with Crippen molar-refractivity contribution in [2.24, 2.45) is 0 Å². The summed E-state index contributed by atoms with van der Waals surface area (Å²) in [6.45, 7) is 0.333. The molecule has 0 saturated carbocycles. The highest BCUT2D eigenvalue weighted by Gasteiger charge is 2.08. The van der Waals surface area contributed by atoms with Crippen molar-refractivity contribution in [2.75, 3.05) is 0 Å². The molecule has 0 atom stereocenters. The average molecular weight is 322 g/mol. The van der Waals surface area contributed by atoms with Crippen molar-refractivity contribution in [3.63, 3.8) is 0 Å². The molecule has 0 aliphatic carbocycles. The van der Waals surface area contributed by atoms with E-state index in [0.29, 0.717) is 23.7 Å². The molecule has 0 amide bonds. The molecule has 0 radical (unpaired) electrons. The maximum atomic E-state index is 12.8. The Bertz CT molecular complexity index is 797. The zero-order valence-corrected chi connectivity index (χ0v) is 12.8. The fourth-order valence-corrected chi connectivity index (χ4v) is 2.09. The fourth-order valence-electron chi connectivity index (χ4n) is 2.09. The van der Waals surface area contributed by atoms with Gasteiger partial charge in [-0.05, 0) is 54.1 Å². The lowest BCUT2D eigenvalue weighted by Crippen LogP contribution is -2.08. The van der Waals surface area contributed by atoms with Gasteiger partial charge in [-0.2, -0.15) is 0 Å². The number of hydrogen-bond donors (Lipinski definition) is 0. The van der Waals surface area contributed by atoms with Gasteiger partial charge in [0.1, 0.15) is 23.9 Å². The van der Waals surface area contributed by atoms with Crippen LogP contribution in [0.4, 0.5) is 4.39 Å². The van der Waals surface area contributed by atoms with Gasteiger partial charge in [-0.15, -0.1) is 0 Å². The van der Waals surface area contributed by atoms with E-state index in [9.17, 15) is 9.18 Å². The number of para-hydroxylation sites is 1. The van der Waals surface area contributed by atoms with Crippen LogP contribution in [0.2, 0.25) is 0 Å². The number of rotatable bonds is 5. The molecular weight excluding hydrogens is 307 g/mol. The first-order chi connectivity index (χ1) is 11.7. The average Bonchev–Trinajstić information content (AvgIpc) is 2.62. The molecule has 0 aromatic heterocycles. The lowest BCUT2D eigenvalue weighted by molar-refractivity contribution is 0.0734. The van der Waals surface area contributed by atoms with Gasteiger partial charge in [-0.25, -0.2) is 9.18 Å². The quantitative estimate of drug-likeness (QED) is 0.508. The van der Waals surface area contributed by atoms with Gasteiger partial charge < -0.3 is 9.47 Å². The minimum atomic E-state index is -0.410. The molecule has 0 N–H and O–H groups in total. The predicted octanol–water partition coefficient (Wildman–Crippen LogP) is 4.62. The van der Waals surface area contributed by atoms with Crippen LogP contribution in [0.1, 0.15) is 15.9 Å². The third kappa shape index (κ3) is 4.20. The van der Waals surface area contributed by atoms with Gasteiger partial charge in [-0.1, -0.05) is 30.3 Å². The second-order valence-corrected chi connectivity index (χ2v) is 5.14. The summed E-state index contributed by atoms with van der Waals surface area (Å²) in [5.41, 5.74) is 1.36. The van der Waals surface area contributed by atoms with Crippen LogP contribution in [0, 0.1) is 5.82 Å². The predicted molar refractivity (Wildman–Crippen MR) is 88.6 cm³/mol. The molecule has 0 spiro atoms. The third-order valence-corrected chi connectivity index (χ3v) is 3.36. The lowest BCUT2D eigenvalue weighted by atomic mass is 10.1. The largest absolute Gasteiger partial charge is 0.489 e. The Morgan fingerprint density at radius 1 is 0.792 bits per heavy atom. The van der Waals surface area contributed by atoms with E-state index in [1.165, 1.54) is 12.1 Å². The molecule has 0 heterocycles. The van der Waals surface area contributed by atoms with Crippen LogP contribution in [0.25, 0.3) is 0 Å². The van der Waals surface area contributed by atoms with Gasteiger partial charge in [0.25, 0.3) is 0 Å². The highest BCUT2D eigenvalue weighted by molar-refractivity contribution is 5.91. The van der Waals surface area contributed by atoms with Crippen LogP contribution >= 0.6 is 0 Å². The SMILES string of the molecule is O=C(Oc1ccccc1)c1ccc(COc2ccc(F)cc2)cc1. The monoisotopic (exact) mass is 322 g/mol. The number of esters is 1. The number of hydrogen-bond acceptors (Lipinski definition) is 3. The highest BCUT2D eigenvalue weighted by Crippen LogP contribution is 2.15. The van der Waals surface area contributed by atoms with E-state index in [0.717, 1.165) is 5.56 Å². The van der Waals surface area contributed by atoms with Gasteiger partial charge in [0.2, 0.25) is 0 Å². The zero-order chi connectivity index (χ0) is 16.8. The summed E-state index contributed by atoms with van der Waals surface area (Å²) in [5, 5.41) is 0. The van der Waals surface area contributed by atoms with Crippen LogP contribution < -0.4 is 9.47 Å². The van der Waals surface area contributed by atoms with Gasteiger partial charge in [0.05, 0.1) is 5.56 Å². The van der Waals surface area contributed by atoms with Crippen molar-refractivity contribution in [1.82, 2.24) is 0 Å². The van der Waals surface area contributed by atoms with E-state index in [1.54, 1.807) is 60.7 Å². The van der Waals surface area contributed by atoms with Gasteiger partial charge >= 0.3 is 5.97 Å². The van der Waals surface area contributed by atoms with E-state index in [2.05, 4.69) is 0 Å². The summed E-state index contributed by atoms with van der Waals surface area (Å²) in [5.74, 6) is 0.381. The molecule has 0 aliphatic rings. The first kappa shape index (κ1) is 15.7. The standard InChI is InChI=1S/C20H15FO3/c21-17-10-12-18(13-11-17)23-14-15-6-8-16(9-7-15)20(22)24-19-4-2-1-3-5-19/h1-13H,14H2. The summed E-state index contributed by atoms with van der Waals surface area (Å²) in [6, 6.07) is 21.7. The molecule has 0 unspecified atom stereocenters. The van der Waals surface area contributed by atoms with E-state index in [-0.39, 0.29) is 5.82 Å². The van der Waals surface area contributed by atoms with Crippen LogP contribution in [0.3, 0.4) is 0 Å².